The molecule has 0 aromatic heterocycles. The van der Waals surface area contributed by atoms with Crippen molar-refractivity contribution in [2.24, 2.45) is 0 Å². The molecule has 0 fully saturated rings. The molecule has 2 amide bonds. The topological polar surface area (TPSA) is 58.6 Å². The average molecular weight is 368 g/mol. The van der Waals surface area contributed by atoms with Gasteiger partial charge in [-0.3, -0.25) is 9.59 Å². The Bertz CT molecular complexity index is 789. The van der Waals surface area contributed by atoms with Crippen LogP contribution in [-0.2, 0) is 16.1 Å². The Morgan fingerprint density at radius 1 is 1.11 bits per heavy atom. The van der Waals surface area contributed by atoms with Crippen molar-refractivity contribution in [3.63, 3.8) is 0 Å². The van der Waals surface area contributed by atoms with Gasteiger partial charge in [0.25, 0.3) is 5.91 Å². The highest BCUT2D eigenvalue weighted by Gasteiger charge is 2.26. The maximum Gasteiger partial charge on any atom is 0.261 e. The van der Waals surface area contributed by atoms with Gasteiger partial charge in [0, 0.05) is 13.1 Å². The lowest BCUT2D eigenvalue weighted by Crippen LogP contribution is -2.49. The zero-order valence-corrected chi connectivity index (χ0v) is 16.5. The molecule has 1 unspecified atom stereocenters. The first-order chi connectivity index (χ1) is 12.9. The lowest BCUT2D eigenvalue weighted by atomic mass is 10.1. The summed E-state index contributed by atoms with van der Waals surface area (Å²) in [4.78, 5) is 26.8. The molecular formula is C22H28N2O3. The van der Waals surface area contributed by atoms with Gasteiger partial charge >= 0.3 is 0 Å². The molecule has 0 saturated heterocycles. The van der Waals surface area contributed by atoms with Crippen LogP contribution in [0.25, 0.3) is 0 Å². The molecule has 0 aliphatic carbocycles. The molecule has 5 nitrogen and oxygen atoms in total. The number of ether oxygens (including phenoxy) is 1. The molecular weight excluding hydrogens is 340 g/mol. The van der Waals surface area contributed by atoms with E-state index < -0.39 is 6.04 Å². The minimum atomic E-state index is -0.585. The van der Waals surface area contributed by atoms with Gasteiger partial charge in [0.2, 0.25) is 5.91 Å². The molecule has 2 aromatic rings. The summed E-state index contributed by atoms with van der Waals surface area (Å²) in [5.74, 6) is 0.278. The fraction of sp³-hybridized carbons (Fsp3) is 0.364. The normalized spacial score (nSPS) is 11.6. The average Bonchev–Trinajstić information content (AvgIpc) is 2.65. The molecule has 0 bridgehead atoms. The Hall–Kier alpha value is -2.82. The van der Waals surface area contributed by atoms with Crippen molar-refractivity contribution < 1.29 is 14.3 Å². The molecule has 1 N–H and O–H groups in total. The van der Waals surface area contributed by atoms with E-state index in [1.165, 1.54) is 0 Å². The molecule has 144 valence electrons. The Morgan fingerprint density at radius 2 is 1.85 bits per heavy atom. The minimum Gasteiger partial charge on any atom is -0.484 e. The highest BCUT2D eigenvalue weighted by Crippen LogP contribution is 2.17. The first-order valence-corrected chi connectivity index (χ1v) is 9.23. The summed E-state index contributed by atoms with van der Waals surface area (Å²) in [7, 11) is 0. The van der Waals surface area contributed by atoms with Crippen molar-refractivity contribution in [2.45, 2.75) is 40.3 Å². The molecule has 2 aromatic carbocycles. The number of nitrogens with one attached hydrogen (secondary N) is 1. The van der Waals surface area contributed by atoms with E-state index in [9.17, 15) is 9.59 Å². The molecule has 1 atom stereocenters. The Labute approximate surface area is 161 Å². The fourth-order valence-corrected chi connectivity index (χ4v) is 2.85. The van der Waals surface area contributed by atoms with Crippen LogP contribution in [0.5, 0.6) is 5.75 Å². The molecule has 0 aliphatic rings. The SMILES string of the molecule is CCNC(=O)C(C)N(Cc1cccc(C)c1)C(=O)COc1ccccc1C. The molecule has 5 heteroatoms. The molecule has 0 saturated carbocycles. The predicted molar refractivity (Wildman–Crippen MR) is 107 cm³/mol. The number of hydrogen-bond donors (Lipinski definition) is 1. The second-order valence-corrected chi connectivity index (χ2v) is 6.64. The van der Waals surface area contributed by atoms with E-state index in [1.54, 1.807) is 11.8 Å². The van der Waals surface area contributed by atoms with Gasteiger partial charge in [0.15, 0.2) is 6.61 Å². The molecule has 0 aliphatic heterocycles. The Morgan fingerprint density at radius 3 is 2.52 bits per heavy atom. The number of amides is 2. The van der Waals surface area contributed by atoms with Crippen LogP contribution in [0, 0.1) is 13.8 Å². The van der Waals surface area contributed by atoms with Gasteiger partial charge < -0.3 is 15.0 Å². The first-order valence-electron chi connectivity index (χ1n) is 9.23. The number of carbonyl (C=O) groups is 2. The van der Waals surface area contributed by atoms with Gasteiger partial charge in [0.1, 0.15) is 11.8 Å². The Balaban J connectivity index is 2.15. The van der Waals surface area contributed by atoms with E-state index in [-0.39, 0.29) is 18.4 Å². The van der Waals surface area contributed by atoms with Crippen LogP contribution in [0.3, 0.4) is 0 Å². The molecule has 0 spiro atoms. The number of rotatable bonds is 8. The Kier molecular flexibility index (Phi) is 7.41. The van der Waals surface area contributed by atoms with E-state index in [0.717, 1.165) is 16.7 Å². The van der Waals surface area contributed by atoms with Crippen molar-refractivity contribution >= 4 is 11.8 Å². The van der Waals surface area contributed by atoms with Crippen molar-refractivity contribution in [3.8, 4) is 5.75 Å². The third-order valence-electron chi connectivity index (χ3n) is 4.40. The number of para-hydroxylation sites is 1. The van der Waals surface area contributed by atoms with E-state index in [1.807, 2.05) is 69.3 Å². The zero-order chi connectivity index (χ0) is 19.8. The number of nitrogens with zero attached hydrogens (tertiary/aromatic N) is 1. The van der Waals surface area contributed by atoms with Gasteiger partial charge in [-0.05, 0) is 44.9 Å². The van der Waals surface area contributed by atoms with Crippen molar-refractivity contribution in [1.29, 1.82) is 0 Å². The third kappa shape index (κ3) is 5.84. The van der Waals surface area contributed by atoms with Crippen LogP contribution in [0.1, 0.15) is 30.5 Å². The molecule has 0 radical (unpaired) electrons. The smallest absolute Gasteiger partial charge is 0.261 e. The summed E-state index contributed by atoms with van der Waals surface area (Å²) >= 11 is 0. The van der Waals surface area contributed by atoms with E-state index in [4.69, 9.17) is 4.74 Å². The van der Waals surface area contributed by atoms with Gasteiger partial charge in [0.05, 0.1) is 0 Å². The van der Waals surface area contributed by atoms with Crippen LogP contribution in [0.15, 0.2) is 48.5 Å². The lowest BCUT2D eigenvalue weighted by molar-refractivity contribution is -0.142. The first kappa shape index (κ1) is 20.5. The minimum absolute atomic E-state index is 0.111. The second-order valence-electron chi connectivity index (χ2n) is 6.64. The van der Waals surface area contributed by atoms with Gasteiger partial charge in [-0.1, -0.05) is 48.0 Å². The largest absolute Gasteiger partial charge is 0.484 e. The summed E-state index contributed by atoms with van der Waals surface area (Å²) < 4.78 is 5.71. The maximum absolute atomic E-state index is 12.9. The molecule has 0 heterocycles. The van der Waals surface area contributed by atoms with Crippen LogP contribution < -0.4 is 10.1 Å². The molecule has 2 rings (SSSR count). The number of aryl methyl sites for hydroxylation is 2. The van der Waals surface area contributed by atoms with E-state index in [0.29, 0.717) is 18.8 Å². The van der Waals surface area contributed by atoms with Gasteiger partial charge in [-0.2, -0.15) is 0 Å². The predicted octanol–water partition coefficient (Wildman–Crippen LogP) is 3.24. The monoisotopic (exact) mass is 368 g/mol. The van der Waals surface area contributed by atoms with Crippen LogP contribution in [0.2, 0.25) is 0 Å². The van der Waals surface area contributed by atoms with Gasteiger partial charge in [-0.25, -0.2) is 0 Å². The standard InChI is InChI=1S/C22H28N2O3/c1-5-23-22(26)18(4)24(14-19-11-8-9-16(2)13-19)21(25)15-27-20-12-7-6-10-17(20)3/h6-13,18H,5,14-15H2,1-4H3,(H,23,26). The van der Waals surface area contributed by atoms with Crippen LogP contribution in [-0.4, -0.2) is 35.9 Å². The second kappa shape index (κ2) is 9.76. The van der Waals surface area contributed by atoms with Crippen LogP contribution in [0.4, 0.5) is 0 Å². The summed E-state index contributed by atoms with van der Waals surface area (Å²) in [5.41, 5.74) is 3.06. The molecule has 27 heavy (non-hydrogen) atoms. The van der Waals surface area contributed by atoms with E-state index >= 15 is 0 Å². The van der Waals surface area contributed by atoms with Crippen LogP contribution >= 0.6 is 0 Å². The third-order valence-corrected chi connectivity index (χ3v) is 4.40. The summed E-state index contributed by atoms with van der Waals surface area (Å²) in [6.45, 7) is 8.31. The number of benzene rings is 2. The lowest BCUT2D eigenvalue weighted by Gasteiger charge is -2.28. The highest BCUT2D eigenvalue weighted by molar-refractivity contribution is 5.87. The summed E-state index contributed by atoms with van der Waals surface area (Å²) in [6.07, 6.45) is 0. The van der Waals surface area contributed by atoms with Crippen molar-refractivity contribution in [2.75, 3.05) is 13.2 Å². The fourth-order valence-electron chi connectivity index (χ4n) is 2.85. The van der Waals surface area contributed by atoms with Crippen molar-refractivity contribution in [1.82, 2.24) is 10.2 Å². The number of carbonyl (C=O) groups excluding carboxylic acids is 2. The quantitative estimate of drug-likeness (QED) is 0.778. The summed E-state index contributed by atoms with van der Waals surface area (Å²) in [6, 6.07) is 14.9. The summed E-state index contributed by atoms with van der Waals surface area (Å²) in [5, 5.41) is 2.79. The maximum atomic E-state index is 12.9. The highest BCUT2D eigenvalue weighted by atomic mass is 16.5. The number of hydrogen-bond acceptors (Lipinski definition) is 3. The van der Waals surface area contributed by atoms with Gasteiger partial charge in [-0.15, -0.1) is 0 Å². The van der Waals surface area contributed by atoms with E-state index in [2.05, 4.69) is 5.32 Å². The number of likely N-dealkylation sites (N-methyl/N-ethyl adjacent to an activating group) is 1. The zero-order valence-electron chi connectivity index (χ0n) is 16.5. The van der Waals surface area contributed by atoms with Crippen molar-refractivity contribution in [3.05, 3.63) is 65.2 Å².